The van der Waals surface area contributed by atoms with E-state index in [1.807, 2.05) is 54.1 Å². The van der Waals surface area contributed by atoms with Gasteiger partial charge in [-0.15, -0.1) is 0 Å². The Labute approximate surface area is 133 Å². The molecular formula is C17H14ClN3O. The number of halogens is 1. The Hall–Kier alpha value is -2.59. The van der Waals surface area contributed by atoms with Gasteiger partial charge in [0.15, 0.2) is 0 Å². The van der Waals surface area contributed by atoms with E-state index in [-0.39, 0.29) is 5.91 Å². The van der Waals surface area contributed by atoms with E-state index in [0.717, 1.165) is 16.5 Å². The van der Waals surface area contributed by atoms with Gasteiger partial charge in [0.05, 0.1) is 6.21 Å². The SMILES string of the molecule is Cn1c(C(=O)N/N=C/c2ccc(Cl)cc2)cc2ccccc21. The zero-order valence-corrected chi connectivity index (χ0v) is 12.7. The minimum atomic E-state index is -0.246. The highest BCUT2D eigenvalue weighted by Gasteiger charge is 2.11. The van der Waals surface area contributed by atoms with E-state index in [1.54, 1.807) is 18.3 Å². The van der Waals surface area contributed by atoms with E-state index in [0.29, 0.717) is 10.7 Å². The second-order valence-electron chi connectivity index (χ2n) is 4.90. The maximum atomic E-state index is 12.2. The lowest BCUT2D eigenvalue weighted by molar-refractivity contribution is 0.0947. The molecule has 0 unspecified atom stereocenters. The van der Waals surface area contributed by atoms with Crippen molar-refractivity contribution in [2.24, 2.45) is 12.1 Å². The van der Waals surface area contributed by atoms with Gasteiger partial charge in [0.25, 0.3) is 5.91 Å². The summed E-state index contributed by atoms with van der Waals surface area (Å²) in [7, 11) is 1.86. The monoisotopic (exact) mass is 311 g/mol. The molecule has 0 bridgehead atoms. The molecule has 0 fully saturated rings. The average molecular weight is 312 g/mol. The van der Waals surface area contributed by atoms with Gasteiger partial charge in [-0.25, -0.2) is 5.43 Å². The third-order valence-electron chi connectivity index (χ3n) is 3.43. The van der Waals surface area contributed by atoms with Crippen molar-refractivity contribution in [1.29, 1.82) is 0 Å². The van der Waals surface area contributed by atoms with Gasteiger partial charge in [-0.2, -0.15) is 5.10 Å². The molecule has 0 aliphatic heterocycles. The van der Waals surface area contributed by atoms with Crippen molar-refractivity contribution in [3.05, 3.63) is 70.9 Å². The van der Waals surface area contributed by atoms with Crippen molar-refractivity contribution in [2.75, 3.05) is 0 Å². The lowest BCUT2D eigenvalue weighted by Gasteiger charge is -2.02. The lowest BCUT2D eigenvalue weighted by Crippen LogP contribution is -2.20. The van der Waals surface area contributed by atoms with Crippen LogP contribution < -0.4 is 5.43 Å². The van der Waals surface area contributed by atoms with Crippen molar-refractivity contribution < 1.29 is 4.79 Å². The van der Waals surface area contributed by atoms with Crippen molar-refractivity contribution >= 4 is 34.6 Å². The number of fused-ring (bicyclic) bond motifs is 1. The summed E-state index contributed by atoms with van der Waals surface area (Å²) in [4.78, 5) is 12.2. The van der Waals surface area contributed by atoms with Gasteiger partial charge in [0.2, 0.25) is 0 Å². The van der Waals surface area contributed by atoms with Gasteiger partial charge in [-0.3, -0.25) is 4.79 Å². The standard InChI is InChI=1S/C17H14ClN3O/c1-21-15-5-3-2-4-13(15)10-16(21)17(22)20-19-11-12-6-8-14(18)9-7-12/h2-11H,1H3,(H,20,22)/b19-11+. The second-order valence-corrected chi connectivity index (χ2v) is 5.33. The van der Waals surface area contributed by atoms with Crippen molar-refractivity contribution in [2.45, 2.75) is 0 Å². The highest BCUT2D eigenvalue weighted by Crippen LogP contribution is 2.18. The van der Waals surface area contributed by atoms with Crippen LogP contribution in [0.25, 0.3) is 10.9 Å². The molecule has 3 rings (SSSR count). The van der Waals surface area contributed by atoms with Gasteiger partial charge >= 0.3 is 0 Å². The number of benzene rings is 2. The Balaban J connectivity index is 1.76. The van der Waals surface area contributed by atoms with E-state index >= 15 is 0 Å². The second kappa shape index (κ2) is 6.03. The molecule has 1 amide bonds. The maximum absolute atomic E-state index is 12.2. The van der Waals surface area contributed by atoms with Crippen LogP contribution in [-0.2, 0) is 7.05 Å². The minimum absolute atomic E-state index is 0.246. The predicted octanol–water partition coefficient (Wildman–Crippen LogP) is 3.60. The summed E-state index contributed by atoms with van der Waals surface area (Å²) in [6.07, 6.45) is 1.58. The largest absolute Gasteiger partial charge is 0.340 e. The van der Waals surface area contributed by atoms with E-state index in [2.05, 4.69) is 10.5 Å². The molecule has 0 atom stereocenters. The molecule has 2 aromatic carbocycles. The molecule has 1 heterocycles. The van der Waals surface area contributed by atoms with Crippen LogP contribution in [0.1, 0.15) is 16.1 Å². The first kappa shape index (κ1) is 14.4. The summed E-state index contributed by atoms with van der Waals surface area (Å²) in [5.41, 5.74) is 4.98. The smallest absolute Gasteiger partial charge is 0.287 e. The van der Waals surface area contributed by atoms with Gasteiger partial charge in [-0.05, 0) is 29.8 Å². The van der Waals surface area contributed by atoms with Crippen LogP contribution >= 0.6 is 11.6 Å². The summed E-state index contributed by atoms with van der Waals surface area (Å²) < 4.78 is 1.85. The highest BCUT2D eigenvalue weighted by atomic mass is 35.5. The van der Waals surface area contributed by atoms with Crippen LogP contribution in [0.2, 0.25) is 5.02 Å². The highest BCUT2D eigenvalue weighted by molar-refractivity contribution is 6.30. The van der Waals surface area contributed by atoms with Crippen LogP contribution in [-0.4, -0.2) is 16.7 Å². The third kappa shape index (κ3) is 2.87. The van der Waals surface area contributed by atoms with Crippen LogP contribution in [0.3, 0.4) is 0 Å². The van der Waals surface area contributed by atoms with Gasteiger partial charge in [0.1, 0.15) is 5.69 Å². The zero-order valence-electron chi connectivity index (χ0n) is 12.0. The molecule has 4 nitrogen and oxygen atoms in total. The number of hydrogen-bond donors (Lipinski definition) is 1. The molecule has 0 saturated carbocycles. The van der Waals surface area contributed by atoms with Crippen LogP contribution in [0.5, 0.6) is 0 Å². The number of rotatable bonds is 3. The Morgan fingerprint density at radius 1 is 1.18 bits per heavy atom. The van der Waals surface area contributed by atoms with E-state index < -0.39 is 0 Å². The fourth-order valence-corrected chi connectivity index (χ4v) is 2.40. The Kier molecular flexibility index (Phi) is 3.94. The molecule has 5 heteroatoms. The molecular weight excluding hydrogens is 298 g/mol. The normalized spacial score (nSPS) is 11.2. The van der Waals surface area contributed by atoms with E-state index in [4.69, 9.17) is 11.6 Å². The Bertz CT molecular complexity index is 850. The van der Waals surface area contributed by atoms with Crippen molar-refractivity contribution in [3.63, 3.8) is 0 Å². The summed E-state index contributed by atoms with van der Waals surface area (Å²) in [5.74, 6) is -0.246. The molecule has 1 aromatic heterocycles. The van der Waals surface area contributed by atoms with E-state index in [9.17, 15) is 4.79 Å². The predicted molar refractivity (Wildman–Crippen MR) is 89.4 cm³/mol. The quantitative estimate of drug-likeness (QED) is 0.583. The number of aromatic nitrogens is 1. The van der Waals surface area contributed by atoms with Crippen LogP contribution in [0, 0.1) is 0 Å². The third-order valence-corrected chi connectivity index (χ3v) is 3.69. The van der Waals surface area contributed by atoms with Gasteiger partial charge in [-0.1, -0.05) is 41.9 Å². The maximum Gasteiger partial charge on any atom is 0.287 e. The molecule has 1 N–H and O–H groups in total. The summed E-state index contributed by atoms with van der Waals surface area (Å²) >= 11 is 5.82. The summed E-state index contributed by atoms with van der Waals surface area (Å²) in [5, 5.41) is 5.67. The number of hydrogen-bond acceptors (Lipinski definition) is 2. The number of nitrogens with one attached hydrogen (secondary N) is 1. The van der Waals surface area contributed by atoms with Crippen LogP contribution in [0.15, 0.2) is 59.7 Å². The minimum Gasteiger partial charge on any atom is -0.340 e. The average Bonchev–Trinajstić information content (AvgIpc) is 2.87. The number of nitrogens with zero attached hydrogens (tertiary/aromatic N) is 2. The molecule has 110 valence electrons. The van der Waals surface area contributed by atoms with Crippen molar-refractivity contribution in [3.8, 4) is 0 Å². The Morgan fingerprint density at radius 2 is 1.91 bits per heavy atom. The fourth-order valence-electron chi connectivity index (χ4n) is 2.28. The van der Waals surface area contributed by atoms with Crippen molar-refractivity contribution in [1.82, 2.24) is 9.99 Å². The molecule has 0 aliphatic carbocycles. The van der Waals surface area contributed by atoms with Gasteiger partial charge < -0.3 is 4.57 Å². The number of amides is 1. The number of carbonyl (C=O) groups excluding carboxylic acids is 1. The molecule has 0 aliphatic rings. The lowest BCUT2D eigenvalue weighted by atomic mass is 10.2. The van der Waals surface area contributed by atoms with E-state index in [1.165, 1.54) is 0 Å². The number of aryl methyl sites for hydroxylation is 1. The molecule has 22 heavy (non-hydrogen) atoms. The summed E-state index contributed by atoms with van der Waals surface area (Å²) in [6, 6.07) is 16.9. The molecule has 0 radical (unpaired) electrons. The van der Waals surface area contributed by atoms with Gasteiger partial charge in [0, 0.05) is 23.0 Å². The molecule has 3 aromatic rings. The van der Waals surface area contributed by atoms with Crippen LogP contribution in [0.4, 0.5) is 0 Å². The molecule has 0 saturated heterocycles. The topological polar surface area (TPSA) is 46.4 Å². The number of para-hydroxylation sites is 1. The Morgan fingerprint density at radius 3 is 2.64 bits per heavy atom. The number of hydrazone groups is 1. The number of carbonyl (C=O) groups is 1. The molecule has 0 spiro atoms. The summed E-state index contributed by atoms with van der Waals surface area (Å²) in [6.45, 7) is 0. The first-order valence-corrected chi connectivity index (χ1v) is 7.16. The zero-order chi connectivity index (χ0) is 15.5. The first-order chi connectivity index (χ1) is 10.6. The fraction of sp³-hybridized carbons (Fsp3) is 0.0588. The first-order valence-electron chi connectivity index (χ1n) is 6.78.